The minimum absolute atomic E-state index is 0.258. The number of nitrogens with two attached hydrogens (primary N) is 1. The van der Waals surface area contributed by atoms with Crippen LogP contribution in [0.3, 0.4) is 0 Å². The number of hydrogen-bond acceptors (Lipinski definition) is 3. The highest BCUT2D eigenvalue weighted by Crippen LogP contribution is 2.22. The van der Waals surface area contributed by atoms with Crippen LogP contribution in [0.2, 0.25) is 0 Å². The SMILES string of the molecule is CN(Cc1ccoc1)c1ccc(F)cc1CN. The van der Waals surface area contributed by atoms with Gasteiger partial charge in [0.15, 0.2) is 0 Å². The normalized spacial score (nSPS) is 10.5. The molecule has 0 radical (unpaired) electrons. The van der Waals surface area contributed by atoms with Gasteiger partial charge in [0.2, 0.25) is 0 Å². The summed E-state index contributed by atoms with van der Waals surface area (Å²) >= 11 is 0. The lowest BCUT2D eigenvalue weighted by molar-refractivity contribution is 0.563. The third-order valence-electron chi connectivity index (χ3n) is 2.67. The van der Waals surface area contributed by atoms with Crippen LogP contribution in [0.1, 0.15) is 11.1 Å². The number of rotatable bonds is 4. The van der Waals surface area contributed by atoms with Gasteiger partial charge in [-0.05, 0) is 29.8 Å². The van der Waals surface area contributed by atoms with Crippen LogP contribution in [-0.4, -0.2) is 7.05 Å². The average molecular weight is 234 g/mol. The zero-order chi connectivity index (χ0) is 12.3. The van der Waals surface area contributed by atoms with Gasteiger partial charge in [0.25, 0.3) is 0 Å². The lowest BCUT2D eigenvalue weighted by Gasteiger charge is -2.21. The van der Waals surface area contributed by atoms with E-state index in [1.165, 1.54) is 12.1 Å². The van der Waals surface area contributed by atoms with Crippen LogP contribution in [0.4, 0.5) is 10.1 Å². The predicted molar refractivity (Wildman–Crippen MR) is 65.1 cm³/mol. The molecule has 2 aromatic rings. The van der Waals surface area contributed by atoms with E-state index in [0.29, 0.717) is 13.1 Å². The van der Waals surface area contributed by atoms with Crippen LogP contribution in [0, 0.1) is 5.82 Å². The van der Waals surface area contributed by atoms with Crippen molar-refractivity contribution in [1.82, 2.24) is 0 Å². The van der Waals surface area contributed by atoms with Gasteiger partial charge in [-0.1, -0.05) is 0 Å². The minimum Gasteiger partial charge on any atom is -0.472 e. The number of nitrogens with zero attached hydrogens (tertiary/aromatic N) is 1. The van der Waals surface area contributed by atoms with E-state index in [0.717, 1.165) is 16.8 Å². The number of halogens is 1. The Hall–Kier alpha value is -1.81. The maximum atomic E-state index is 13.1. The summed E-state index contributed by atoms with van der Waals surface area (Å²) in [6.45, 7) is 1.03. The summed E-state index contributed by atoms with van der Waals surface area (Å²) in [5, 5.41) is 0. The van der Waals surface area contributed by atoms with Crippen molar-refractivity contribution in [3.8, 4) is 0 Å². The van der Waals surface area contributed by atoms with Gasteiger partial charge in [-0.15, -0.1) is 0 Å². The summed E-state index contributed by atoms with van der Waals surface area (Å²) in [6, 6.07) is 6.57. The van der Waals surface area contributed by atoms with Crippen LogP contribution in [0.15, 0.2) is 41.2 Å². The monoisotopic (exact) mass is 234 g/mol. The largest absolute Gasteiger partial charge is 0.472 e. The first kappa shape index (κ1) is 11.7. The van der Waals surface area contributed by atoms with E-state index in [2.05, 4.69) is 0 Å². The fourth-order valence-electron chi connectivity index (χ4n) is 1.83. The predicted octanol–water partition coefficient (Wildman–Crippen LogP) is 2.51. The molecule has 0 aliphatic heterocycles. The summed E-state index contributed by atoms with van der Waals surface area (Å²) in [4.78, 5) is 2.02. The molecule has 2 rings (SSSR count). The Morgan fingerprint density at radius 2 is 2.18 bits per heavy atom. The quantitative estimate of drug-likeness (QED) is 0.883. The first-order valence-corrected chi connectivity index (χ1v) is 5.41. The van der Waals surface area contributed by atoms with Crippen LogP contribution >= 0.6 is 0 Å². The van der Waals surface area contributed by atoms with Gasteiger partial charge < -0.3 is 15.1 Å². The average Bonchev–Trinajstić information content (AvgIpc) is 2.81. The van der Waals surface area contributed by atoms with Gasteiger partial charge >= 0.3 is 0 Å². The van der Waals surface area contributed by atoms with E-state index < -0.39 is 0 Å². The third kappa shape index (κ3) is 2.65. The Balaban J connectivity index is 2.21. The van der Waals surface area contributed by atoms with E-state index in [-0.39, 0.29) is 5.82 Å². The van der Waals surface area contributed by atoms with E-state index in [4.69, 9.17) is 10.2 Å². The first-order valence-electron chi connectivity index (χ1n) is 5.41. The topological polar surface area (TPSA) is 42.4 Å². The number of benzene rings is 1. The molecule has 3 nitrogen and oxygen atoms in total. The van der Waals surface area contributed by atoms with Crippen molar-refractivity contribution >= 4 is 5.69 Å². The molecular formula is C13H15FN2O. The standard InChI is InChI=1S/C13H15FN2O/c1-16(8-10-4-5-17-9-10)13-3-2-12(14)6-11(13)7-15/h2-6,9H,7-8,15H2,1H3. The summed E-state index contributed by atoms with van der Waals surface area (Å²) in [6.07, 6.45) is 3.33. The van der Waals surface area contributed by atoms with E-state index >= 15 is 0 Å². The zero-order valence-electron chi connectivity index (χ0n) is 9.69. The summed E-state index contributed by atoms with van der Waals surface area (Å²) in [5.74, 6) is -0.258. The fraction of sp³-hybridized carbons (Fsp3) is 0.231. The van der Waals surface area contributed by atoms with Gasteiger partial charge in [0, 0.05) is 31.4 Å². The molecule has 0 fully saturated rings. The first-order chi connectivity index (χ1) is 8.20. The number of furan rings is 1. The molecule has 0 aliphatic rings. The number of anilines is 1. The Kier molecular flexibility index (Phi) is 3.44. The van der Waals surface area contributed by atoms with Crippen molar-refractivity contribution in [3.63, 3.8) is 0 Å². The molecule has 0 amide bonds. The molecule has 0 atom stereocenters. The molecule has 1 aromatic carbocycles. The lowest BCUT2D eigenvalue weighted by Crippen LogP contribution is -2.18. The van der Waals surface area contributed by atoms with Gasteiger partial charge in [0.05, 0.1) is 12.5 Å². The minimum atomic E-state index is -0.258. The van der Waals surface area contributed by atoms with Crippen LogP contribution in [0.25, 0.3) is 0 Å². The molecule has 0 aliphatic carbocycles. The maximum absolute atomic E-state index is 13.1. The highest BCUT2D eigenvalue weighted by Gasteiger charge is 2.08. The highest BCUT2D eigenvalue weighted by molar-refractivity contribution is 5.53. The second kappa shape index (κ2) is 5.01. The molecule has 0 spiro atoms. The third-order valence-corrected chi connectivity index (χ3v) is 2.67. The maximum Gasteiger partial charge on any atom is 0.123 e. The van der Waals surface area contributed by atoms with Gasteiger partial charge in [-0.2, -0.15) is 0 Å². The Labute approximate surface area is 99.6 Å². The van der Waals surface area contributed by atoms with E-state index in [9.17, 15) is 4.39 Å². The molecule has 90 valence electrons. The Bertz CT molecular complexity index is 482. The Morgan fingerprint density at radius 1 is 1.35 bits per heavy atom. The highest BCUT2D eigenvalue weighted by atomic mass is 19.1. The molecule has 0 saturated heterocycles. The Morgan fingerprint density at radius 3 is 2.82 bits per heavy atom. The zero-order valence-corrected chi connectivity index (χ0v) is 9.69. The molecule has 0 saturated carbocycles. The molecule has 17 heavy (non-hydrogen) atoms. The van der Waals surface area contributed by atoms with Crippen molar-refractivity contribution in [1.29, 1.82) is 0 Å². The van der Waals surface area contributed by atoms with Crippen molar-refractivity contribution in [2.45, 2.75) is 13.1 Å². The fourth-order valence-corrected chi connectivity index (χ4v) is 1.83. The summed E-state index contributed by atoms with van der Waals surface area (Å²) in [5.41, 5.74) is 8.43. The van der Waals surface area contributed by atoms with Gasteiger partial charge in [-0.3, -0.25) is 0 Å². The molecule has 4 heteroatoms. The molecule has 2 N–H and O–H groups in total. The summed E-state index contributed by atoms with van der Waals surface area (Å²) in [7, 11) is 1.94. The second-order valence-corrected chi connectivity index (χ2v) is 3.96. The van der Waals surface area contributed by atoms with E-state index in [1.807, 2.05) is 18.0 Å². The lowest BCUT2D eigenvalue weighted by atomic mass is 10.1. The van der Waals surface area contributed by atoms with Gasteiger partial charge in [0.1, 0.15) is 5.82 Å². The molecule has 0 unspecified atom stereocenters. The number of hydrogen-bond donors (Lipinski definition) is 1. The summed E-state index contributed by atoms with van der Waals surface area (Å²) < 4.78 is 18.1. The smallest absolute Gasteiger partial charge is 0.123 e. The van der Waals surface area contributed by atoms with Gasteiger partial charge in [-0.25, -0.2) is 4.39 Å². The molecule has 1 aromatic heterocycles. The van der Waals surface area contributed by atoms with Crippen molar-refractivity contribution in [3.05, 3.63) is 53.7 Å². The van der Waals surface area contributed by atoms with Crippen LogP contribution in [-0.2, 0) is 13.1 Å². The van der Waals surface area contributed by atoms with Crippen molar-refractivity contribution < 1.29 is 8.81 Å². The van der Waals surface area contributed by atoms with E-state index in [1.54, 1.807) is 18.6 Å². The molecule has 0 bridgehead atoms. The van der Waals surface area contributed by atoms with Crippen molar-refractivity contribution in [2.24, 2.45) is 5.73 Å². The van der Waals surface area contributed by atoms with Crippen LogP contribution < -0.4 is 10.6 Å². The molecular weight excluding hydrogens is 219 g/mol. The molecule has 1 heterocycles. The van der Waals surface area contributed by atoms with Crippen molar-refractivity contribution in [2.75, 3.05) is 11.9 Å². The second-order valence-electron chi connectivity index (χ2n) is 3.96. The van der Waals surface area contributed by atoms with Crippen LogP contribution in [0.5, 0.6) is 0 Å².